The Morgan fingerprint density at radius 1 is 0.944 bits per heavy atom. The van der Waals surface area contributed by atoms with Crippen molar-refractivity contribution in [3.63, 3.8) is 0 Å². The zero-order chi connectivity index (χ0) is 25.4. The number of benzene rings is 3. The van der Waals surface area contributed by atoms with Gasteiger partial charge in [-0.05, 0) is 47.9 Å². The molecule has 184 valence electrons. The van der Waals surface area contributed by atoms with E-state index < -0.39 is 23.6 Å². The van der Waals surface area contributed by atoms with Crippen LogP contribution in [0.15, 0.2) is 72.8 Å². The van der Waals surface area contributed by atoms with E-state index in [1.165, 1.54) is 23.1 Å². The van der Waals surface area contributed by atoms with Gasteiger partial charge in [-0.2, -0.15) is 13.2 Å². The van der Waals surface area contributed by atoms with Crippen LogP contribution in [0, 0.1) is 0 Å². The molecule has 0 atom stereocenters. The van der Waals surface area contributed by atoms with E-state index in [4.69, 9.17) is 5.21 Å². The largest absolute Gasteiger partial charge is 0.417 e. The standard InChI is InChI=1S/C27H22F3N3O3/c28-27(29,30)22-7-3-1-6-21(22)26(35)32-14-13-20-19-5-2-4-8-23(19)33(24(20)16-32)15-17-9-11-18(12-10-17)25(34)31-36/h1-12,36H,13-16H2,(H,31,34). The molecule has 5 rings (SSSR count). The van der Waals surface area contributed by atoms with Gasteiger partial charge in [-0.25, -0.2) is 5.48 Å². The maximum atomic E-state index is 13.5. The second-order valence-electron chi connectivity index (χ2n) is 8.69. The molecule has 6 nitrogen and oxygen atoms in total. The van der Waals surface area contributed by atoms with Gasteiger partial charge in [0.1, 0.15) is 0 Å². The maximum absolute atomic E-state index is 13.5. The number of nitrogens with zero attached hydrogens (tertiary/aromatic N) is 2. The number of fused-ring (bicyclic) bond motifs is 3. The summed E-state index contributed by atoms with van der Waals surface area (Å²) in [6.45, 7) is 0.940. The SMILES string of the molecule is O=C(NO)c1ccc(Cn2c3c(c4ccccc42)CCN(C(=O)c2ccccc2C(F)(F)F)C3)cc1. The van der Waals surface area contributed by atoms with Crippen LogP contribution in [0.25, 0.3) is 10.9 Å². The predicted octanol–water partition coefficient (Wildman–Crippen LogP) is 5.03. The first-order chi connectivity index (χ1) is 17.3. The van der Waals surface area contributed by atoms with Gasteiger partial charge in [-0.3, -0.25) is 14.8 Å². The van der Waals surface area contributed by atoms with Crippen molar-refractivity contribution in [2.75, 3.05) is 6.54 Å². The highest BCUT2D eigenvalue weighted by molar-refractivity contribution is 5.96. The summed E-state index contributed by atoms with van der Waals surface area (Å²) in [6.07, 6.45) is -4.10. The van der Waals surface area contributed by atoms with Crippen LogP contribution in [0.1, 0.15) is 43.1 Å². The number of hydrogen-bond acceptors (Lipinski definition) is 3. The van der Waals surface area contributed by atoms with Gasteiger partial charge in [0.2, 0.25) is 0 Å². The van der Waals surface area contributed by atoms with Gasteiger partial charge in [-0.15, -0.1) is 0 Å². The maximum Gasteiger partial charge on any atom is 0.417 e. The number of carbonyl (C=O) groups is 2. The fourth-order valence-corrected chi connectivity index (χ4v) is 4.84. The van der Waals surface area contributed by atoms with Gasteiger partial charge in [0, 0.05) is 35.2 Å². The third kappa shape index (κ3) is 4.22. The Hall–Kier alpha value is -4.11. The van der Waals surface area contributed by atoms with Gasteiger partial charge in [0.05, 0.1) is 17.7 Å². The molecule has 36 heavy (non-hydrogen) atoms. The number of alkyl halides is 3. The summed E-state index contributed by atoms with van der Waals surface area (Å²) in [7, 11) is 0. The number of nitrogens with one attached hydrogen (secondary N) is 1. The van der Waals surface area contributed by atoms with Crippen LogP contribution in [-0.2, 0) is 25.7 Å². The van der Waals surface area contributed by atoms with Crippen molar-refractivity contribution in [3.8, 4) is 0 Å². The first-order valence-corrected chi connectivity index (χ1v) is 11.4. The fourth-order valence-electron chi connectivity index (χ4n) is 4.84. The van der Waals surface area contributed by atoms with E-state index in [1.807, 2.05) is 24.3 Å². The molecule has 0 fully saturated rings. The third-order valence-corrected chi connectivity index (χ3v) is 6.57. The molecular weight excluding hydrogens is 471 g/mol. The number of amides is 2. The van der Waals surface area contributed by atoms with Crippen molar-refractivity contribution in [2.45, 2.75) is 25.7 Å². The molecule has 3 aromatic carbocycles. The number of hydrogen-bond donors (Lipinski definition) is 2. The van der Waals surface area contributed by atoms with Gasteiger partial charge in [0.15, 0.2) is 0 Å². The summed E-state index contributed by atoms with van der Waals surface area (Å²) < 4.78 is 42.7. The van der Waals surface area contributed by atoms with Crippen molar-refractivity contribution in [1.82, 2.24) is 14.9 Å². The summed E-state index contributed by atoms with van der Waals surface area (Å²) in [6, 6.07) is 19.5. The molecule has 2 N–H and O–H groups in total. The van der Waals surface area contributed by atoms with Crippen LogP contribution in [0.2, 0.25) is 0 Å². The van der Waals surface area contributed by atoms with Crippen LogP contribution >= 0.6 is 0 Å². The van der Waals surface area contributed by atoms with E-state index in [1.54, 1.807) is 29.7 Å². The molecule has 9 heteroatoms. The molecule has 2 heterocycles. The van der Waals surface area contributed by atoms with Crippen LogP contribution in [-0.4, -0.2) is 33.0 Å². The molecule has 4 aromatic rings. The highest BCUT2D eigenvalue weighted by atomic mass is 19.4. The smallest absolute Gasteiger partial charge is 0.338 e. The lowest BCUT2D eigenvalue weighted by Crippen LogP contribution is -2.37. The lowest BCUT2D eigenvalue weighted by Gasteiger charge is -2.29. The Labute approximate surface area is 204 Å². The number of hydroxylamine groups is 1. The number of para-hydroxylation sites is 1. The molecule has 0 bridgehead atoms. The average molecular weight is 493 g/mol. The highest BCUT2D eigenvalue weighted by Gasteiger charge is 2.37. The first-order valence-electron chi connectivity index (χ1n) is 11.4. The van der Waals surface area contributed by atoms with Crippen LogP contribution in [0.4, 0.5) is 13.2 Å². The molecule has 1 aliphatic rings. The summed E-state index contributed by atoms with van der Waals surface area (Å²) in [5, 5.41) is 9.88. The van der Waals surface area contributed by atoms with E-state index in [-0.39, 0.29) is 12.1 Å². The quantitative estimate of drug-likeness (QED) is 0.310. The molecule has 0 saturated heterocycles. The van der Waals surface area contributed by atoms with Crippen molar-refractivity contribution in [2.24, 2.45) is 0 Å². The summed E-state index contributed by atoms with van der Waals surface area (Å²) in [4.78, 5) is 26.4. The van der Waals surface area contributed by atoms with Crippen LogP contribution in [0.3, 0.4) is 0 Å². The molecule has 0 saturated carbocycles. The van der Waals surface area contributed by atoms with Gasteiger partial charge < -0.3 is 9.47 Å². The van der Waals surface area contributed by atoms with E-state index in [0.717, 1.165) is 33.8 Å². The zero-order valence-corrected chi connectivity index (χ0v) is 19.0. The van der Waals surface area contributed by atoms with Crippen LogP contribution in [0.5, 0.6) is 0 Å². The molecule has 0 radical (unpaired) electrons. The van der Waals surface area contributed by atoms with Crippen molar-refractivity contribution in [1.29, 1.82) is 0 Å². The topological polar surface area (TPSA) is 74.6 Å². The lowest BCUT2D eigenvalue weighted by molar-refractivity contribution is -0.138. The Morgan fingerprint density at radius 2 is 1.64 bits per heavy atom. The zero-order valence-electron chi connectivity index (χ0n) is 19.0. The van der Waals surface area contributed by atoms with Gasteiger partial charge in [0.25, 0.3) is 11.8 Å². The molecule has 2 amide bonds. The van der Waals surface area contributed by atoms with Crippen molar-refractivity contribution >= 4 is 22.7 Å². The fraction of sp³-hybridized carbons (Fsp3) is 0.185. The van der Waals surface area contributed by atoms with E-state index in [0.29, 0.717) is 25.1 Å². The van der Waals surface area contributed by atoms with E-state index in [9.17, 15) is 22.8 Å². The summed E-state index contributed by atoms with van der Waals surface area (Å²) in [5.74, 6) is -1.26. The molecule has 1 aromatic heterocycles. The van der Waals surface area contributed by atoms with Crippen molar-refractivity contribution in [3.05, 3.63) is 106 Å². The lowest BCUT2D eigenvalue weighted by atomic mass is 10.0. The van der Waals surface area contributed by atoms with Crippen LogP contribution < -0.4 is 5.48 Å². The molecule has 1 aliphatic heterocycles. The molecule has 0 spiro atoms. The summed E-state index contributed by atoms with van der Waals surface area (Å²) >= 11 is 0. The second-order valence-corrected chi connectivity index (χ2v) is 8.69. The Bertz CT molecular complexity index is 1460. The normalized spacial score (nSPS) is 13.5. The Kier molecular flexibility index (Phi) is 6.01. The predicted molar refractivity (Wildman–Crippen MR) is 127 cm³/mol. The third-order valence-electron chi connectivity index (χ3n) is 6.57. The number of rotatable bonds is 4. The minimum atomic E-state index is -4.62. The number of carbonyl (C=O) groups excluding carboxylic acids is 2. The minimum Gasteiger partial charge on any atom is -0.338 e. The molecule has 0 unspecified atom stereocenters. The average Bonchev–Trinajstić information content (AvgIpc) is 3.20. The first kappa shape index (κ1) is 23.6. The van der Waals surface area contributed by atoms with Crippen molar-refractivity contribution < 1.29 is 28.0 Å². The molecule has 0 aliphatic carbocycles. The molecular formula is C27H22F3N3O3. The number of aromatic nitrogens is 1. The Balaban J connectivity index is 1.51. The highest BCUT2D eigenvalue weighted by Crippen LogP contribution is 2.35. The van der Waals surface area contributed by atoms with E-state index in [2.05, 4.69) is 4.57 Å². The van der Waals surface area contributed by atoms with Gasteiger partial charge in [-0.1, -0.05) is 42.5 Å². The monoisotopic (exact) mass is 493 g/mol. The van der Waals surface area contributed by atoms with Gasteiger partial charge >= 0.3 is 6.18 Å². The Morgan fingerprint density at radius 3 is 2.36 bits per heavy atom. The second kappa shape index (κ2) is 9.16. The minimum absolute atomic E-state index is 0.181. The van der Waals surface area contributed by atoms with E-state index >= 15 is 0 Å². The number of halogens is 3. The summed E-state index contributed by atoms with van der Waals surface area (Å²) in [5.41, 5.74) is 4.42.